The van der Waals surface area contributed by atoms with Crippen molar-refractivity contribution in [3.05, 3.63) is 35.4 Å². The molecule has 0 atom stereocenters. The third-order valence-corrected chi connectivity index (χ3v) is 2.66. The lowest BCUT2D eigenvalue weighted by Gasteiger charge is -2.17. The number of hydrogen-bond acceptors (Lipinski definition) is 4. The lowest BCUT2D eigenvalue weighted by Crippen LogP contribution is -2.19. The minimum absolute atomic E-state index is 0.141. The van der Waals surface area contributed by atoms with E-state index >= 15 is 0 Å². The van der Waals surface area contributed by atoms with Gasteiger partial charge >= 0.3 is 5.97 Å². The molecule has 0 N–H and O–H groups in total. The van der Waals surface area contributed by atoms with Crippen LogP contribution in [0.5, 0.6) is 5.75 Å². The zero-order chi connectivity index (χ0) is 13.7. The minimum atomic E-state index is -0.346. The summed E-state index contributed by atoms with van der Waals surface area (Å²) in [5.41, 5.74) is 1.43. The molecule has 1 aromatic carbocycles. The topological polar surface area (TPSA) is 44.8 Å². The van der Waals surface area contributed by atoms with E-state index in [4.69, 9.17) is 14.2 Å². The molecule has 0 amide bonds. The van der Waals surface area contributed by atoms with Crippen molar-refractivity contribution in [2.45, 2.75) is 20.0 Å². The number of hydrogen-bond donors (Lipinski definition) is 0. The Balaban J connectivity index is 1.89. The zero-order valence-corrected chi connectivity index (χ0v) is 11.2. The maximum absolute atomic E-state index is 11.8. The Morgan fingerprint density at radius 1 is 1.32 bits per heavy atom. The summed E-state index contributed by atoms with van der Waals surface area (Å²) < 4.78 is 15.9. The fourth-order valence-corrected chi connectivity index (χ4v) is 1.74. The molecule has 4 nitrogen and oxygen atoms in total. The number of rotatable bonds is 5. The molecule has 1 aliphatic heterocycles. The SMILES string of the molecule is CC(C)OCCOC(=O)C1=Cc2ccccc2OC1. The highest BCUT2D eigenvalue weighted by Crippen LogP contribution is 2.25. The van der Waals surface area contributed by atoms with Crippen molar-refractivity contribution in [1.29, 1.82) is 0 Å². The monoisotopic (exact) mass is 262 g/mol. The molecule has 0 spiro atoms. The third-order valence-electron chi connectivity index (χ3n) is 2.66. The van der Waals surface area contributed by atoms with Crippen molar-refractivity contribution < 1.29 is 19.0 Å². The Hall–Kier alpha value is -1.81. The van der Waals surface area contributed by atoms with Crippen LogP contribution in [0, 0.1) is 0 Å². The van der Waals surface area contributed by atoms with Crippen LogP contribution >= 0.6 is 0 Å². The van der Waals surface area contributed by atoms with Gasteiger partial charge in [-0.15, -0.1) is 0 Å². The summed E-state index contributed by atoms with van der Waals surface area (Å²) in [7, 11) is 0. The van der Waals surface area contributed by atoms with Gasteiger partial charge < -0.3 is 14.2 Å². The lowest BCUT2D eigenvalue weighted by molar-refractivity contribution is -0.141. The second-order valence-corrected chi connectivity index (χ2v) is 4.55. The number of ether oxygens (including phenoxy) is 3. The lowest BCUT2D eigenvalue weighted by atomic mass is 10.1. The van der Waals surface area contributed by atoms with E-state index < -0.39 is 0 Å². The number of para-hydroxylation sites is 1. The first kappa shape index (κ1) is 13.6. The van der Waals surface area contributed by atoms with Gasteiger partial charge in [0.15, 0.2) is 0 Å². The Labute approximate surface area is 113 Å². The van der Waals surface area contributed by atoms with Gasteiger partial charge in [0.2, 0.25) is 0 Å². The molecule has 1 heterocycles. The molecule has 0 saturated carbocycles. The van der Waals surface area contributed by atoms with Gasteiger partial charge in [-0.25, -0.2) is 4.79 Å². The van der Waals surface area contributed by atoms with Crippen LogP contribution < -0.4 is 4.74 Å². The molecule has 2 rings (SSSR count). The predicted octanol–water partition coefficient (Wildman–Crippen LogP) is 2.43. The second-order valence-electron chi connectivity index (χ2n) is 4.55. The summed E-state index contributed by atoms with van der Waals surface area (Å²) in [6.07, 6.45) is 1.95. The largest absolute Gasteiger partial charge is 0.488 e. The van der Waals surface area contributed by atoms with E-state index in [2.05, 4.69) is 0 Å². The van der Waals surface area contributed by atoms with Crippen LogP contribution in [-0.2, 0) is 14.3 Å². The normalized spacial score (nSPS) is 13.5. The number of esters is 1. The van der Waals surface area contributed by atoms with Crippen molar-refractivity contribution in [3.8, 4) is 5.75 Å². The molecule has 0 aliphatic carbocycles. The number of fused-ring (bicyclic) bond motifs is 1. The second kappa shape index (κ2) is 6.38. The summed E-state index contributed by atoms with van der Waals surface area (Å²) >= 11 is 0. The van der Waals surface area contributed by atoms with Gasteiger partial charge in [0.1, 0.15) is 19.0 Å². The first-order chi connectivity index (χ1) is 9.16. The molecular formula is C15H18O4. The maximum Gasteiger partial charge on any atom is 0.337 e. The molecule has 1 aliphatic rings. The average Bonchev–Trinajstić information content (AvgIpc) is 2.42. The fourth-order valence-electron chi connectivity index (χ4n) is 1.74. The van der Waals surface area contributed by atoms with E-state index in [-0.39, 0.29) is 25.3 Å². The van der Waals surface area contributed by atoms with Crippen LogP contribution in [0.3, 0.4) is 0 Å². The van der Waals surface area contributed by atoms with E-state index in [1.165, 1.54) is 0 Å². The Morgan fingerprint density at radius 3 is 2.89 bits per heavy atom. The smallest absolute Gasteiger partial charge is 0.337 e. The highest BCUT2D eigenvalue weighted by molar-refractivity contribution is 5.95. The molecular weight excluding hydrogens is 244 g/mol. The molecule has 0 radical (unpaired) electrons. The first-order valence-electron chi connectivity index (χ1n) is 6.38. The van der Waals surface area contributed by atoms with E-state index in [1.807, 2.05) is 44.2 Å². The Kier molecular flexibility index (Phi) is 4.58. The molecule has 0 fully saturated rings. The van der Waals surface area contributed by atoms with Gasteiger partial charge in [-0.3, -0.25) is 0 Å². The van der Waals surface area contributed by atoms with Gasteiger partial charge in [-0.1, -0.05) is 18.2 Å². The minimum Gasteiger partial charge on any atom is -0.488 e. The first-order valence-corrected chi connectivity index (χ1v) is 6.38. The molecule has 0 saturated heterocycles. The standard InChI is InChI=1S/C15H18O4/c1-11(2)17-7-8-18-15(16)13-9-12-5-3-4-6-14(12)19-10-13/h3-6,9,11H,7-8,10H2,1-2H3. The number of carbonyl (C=O) groups excluding carboxylic acids is 1. The molecule has 19 heavy (non-hydrogen) atoms. The molecule has 0 bridgehead atoms. The summed E-state index contributed by atoms with van der Waals surface area (Å²) in [4.78, 5) is 11.8. The summed E-state index contributed by atoms with van der Waals surface area (Å²) in [6, 6.07) is 7.59. The third kappa shape index (κ3) is 3.83. The molecule has 4 heteroatoms. The van der Waals surface area contributed by atoms with Gasteiger partial charge in [-0.2, -0.15) is 0 Å². The van der Waals surface area contributed by atoms with Crippen molar-refractivity contribution >= 4 is 12.0 Å². The summed E-state index contributed by atoms with van der Waals surface area (Å²) in [6.45, 7) is 4.80. The highest BCUT2D eigenvalue weighted by Gasteiger charge is 2.17. The van der Waals surface area contributed by atoms with E-state index in [1.54, 1.807) is 0 Å². The van der Waals surface area contributed by atoms with Crippen LogP contribution in [0.2, 0.25) is 0 Å². The number of carbonyl (C=O) groups is 1. The van der Waals surface area contributed by atoms with Gasteiger partial charge in [0.25, 0.3) is 0 Å². The fraction of sp³-hybridized carbons (Fsp3) is 0.400. The van der Waals surface area contributed by atoms with Gasteiger partial charge in [0, 0.05) is 5.56 Å². The van der Waals surface area contributed by atoms with Crippen LogP contribution in [0.4, 0.5) is 0 Å². The van der Waals surface area contributed by atoms with Crippen LogP contribution in [0.25, 0.3) is 6.08 Å². The maximum atomic E-state index is 11.8. The molecule has 0 aromatic heterocycles. The highest BCUT2D eigenvalue weighted by atomic mass is 16.6. The quantitative estimate of drug-likeness (QED) is 0.604. The van der Waals surface area contributed by atoms with Crippen molar-refractivity contribution in [1.82, 2.24) is 0 Å². The molecule has 1 aromatic rings. The van der Waals surface area contributed by atoms with Crippen molar-refractivity contribution in [3.63, 3.8) is 0 Å². The predicted molar refractivity (Wildman–Crippen MR) is 72.0 cm³/mol. The van der Waals surface area contributed by atoms with Crippen molar-refractivity contribution in [2.24, 2.45) is 0 Å². The van der Waals surface area contributed by atoms with E-state index in [0.29, 0.717) is 12.2 Å². The summed E-state index contributed by atoms with van der Waals surface area (Å²) in [5, 5.41) is 0. The Bertz CT molecular complexity index is 477. The molecule has 102 valence electrons. The van der Waals surface area contributed by atoms with Crippen LogP contribution in [0.1, 0.15) is 19.4 Å². The van der Waals surface area contributed by atoms with Crippen molar-refractivity contribution in [2.75, 3.05) is 19.8 Å². The van der Waals surface area contributed by atoms with Gasteiger partial charge in [0.05, 0.1) is 18.3 Å². The van der Waals surface area contributed by atoms with Crippen LogP contribution in [0.15, 0.2) is 29.8 Å². The van der Waals surface area contributed by atoms with E-state index in [9.17, 15) is 4.79 Å². The zero-order valence-electron chi connectivity index (χ0n) is 11.2. The average molecular weight is 262 g/mol. The van der Waals surface area contributed by atoms with Crippen LogP contribution in [-0.4, -0.2) is 31.9 Å². The molecule has 0 unspecified atom stereocenters. The Morgan fingerprint density at radius 2 is 2.11 bits per heavy atom. The number of benzene rings is 1. The van der Waals surface area contributed by atoms with E-state index in [0.717, 1.165) is 11.3 Å². The van der Waals surface area contributed by atoms with Gasteiger partial charge in [-0.05, 0) is 26.0 Å². The summed E-state index contributed by atoms with van der Waals surface area (Å²) in [5.74, 6) is 0.448.